The zero-order chi connectivity index (χ0) is 27.1. The number of nitro benzene ring substituents is 1. The lowest BCUT2D eigenvalue weighted by molar-refractivity contribution is -0.384. The monoisotopic (exact) mass is 533 g/mol. The fraction of sp³-hybridized carbons (Fsp3) is 0.0833. The van der Waals surface area contributed by atoms with Gasteiger partial charge in [-0.15, -0.1) is 0 Å². The van der Waals surface area contributed by atoms with Crippen LogP contribution in [0.15, 0.2) is 82.6 Å². The molecule has 0 N–H and O–H groups in total. The second-order valence-corrected chi connectivity index (χ2v) is 9.93. The Kier molecular flexibility index (Phi) is 6.42. The molecule has 0 bridgehead atoms. The summed E-state index contributed by atoms with van der Waals surface area (Å²) < 4.78 is 78.8. The van der Waals surface area contributed by atoms with Crippen molar-refractivity contribution in [3.63, 3.8) is 0 Å². The summed E-state index contributed by atoms with van der Waals surface area (Å²) in [7, 11) is -3.53. The van der Waals surface area contributed by atoms with E-state index in [9.17, 15) is 40.9 Å². The van der Waals surface area contributed by atoms with Gasteiger partial charge in [-0.3, -0.25) is 14.9 Å². The Balaban J connectivity index is 2.04. The molecule has 4 aromatic rings. The normalized spacial score (nSPS) is 11.9. The quantitative estimate of drug-likeness (QED) is 0.202. The van der Waals surface area contributed by atoms with Crippen LogP contribution < -0.4 is 5.56 Å². The minimum absolute atomic E-state index is 0.00713. The van der Waals surface area contributed by atoms with Crippen LogP contribution in [0.4, 0.5) is 23.2 Å². The molecule has 0 radical (unpaired) electrons. The third-order valence-electron chi connectivity index (χ3n) is 5.43. The molecule has 0 aliphatic carbocycles. The maximum absolute atomic E-state index is 13.7. The van der Waals surface area contributed by atoms with Gasteiger partial charge in [-0.2, -0.15) is 23.0 Å². The molecule has 0 spiro atoms. The van der Waals surface area contributed by atoms with E-state index >= 15 is 0 Å². The van der Waals surface area contributed by atoms with Gasteiger partial charge in [0.2, 0.25) is 0 Å². The predicted molar refractivity (Wildman–Crippen MR) is 125 cm³/mol. The highest BCUT2D eigenvalue weighted by Crippen LogP contribution is 2.36. The number of nitrogens with zero attached hydrogens (tertiary/aromatic N) is 3. The van der Waals surface area contributed by atoms with E-state index < -0.39 is 49.3 Å². The summed E-state index contributed by atoms with van der Waals surface area (Å²) in [6.07, 6.45) is -2.89. The second-order valence-electron chi connectivity index (χ2n) is 7.91. The lowest BCUT2D eigenvalue weighted by Gasteiger charge is -2.16. The highest BCUT2D eigenvalue weighted by molar-refractivity contribution is 7.90. The van der Waals surface area contributed by atoms with Crippen LogP contribution in [0.2, 0.25) is 0 Å². The topological polar surface area (TPSA) is 112 Å². The van der Waals surface area contributed by atoms with E-state index in [1.165, 1.54) is 36.4 Å². The van der Waals surface area contributed by atoms with E-state index in [0.29, 0.717) is 28.4 Å². The number of aromatic nitrogens is 2. The lowest BCUT2D eigenvalue weighted by atomic mass is 9.97. The van der Waals surface area contributed by atoms with Crippen LogP contribution in [-0.4, -0.2) is 29.4 Å². The minimum Gasteiger partial charge on any atom is -0.267 e. The summed E-state index contributed by atoms with van der Waals surface area (Å²) in [6.45, 7) is 0. The number of hydrogen-bond acceptors (Lipinski definition) is 6. The van der Waals surface area contributed by atoms with Crippen molar-refractivity contribution in [1.82, 2.24) is 9.78 Å². The van der Waals surface area contributed by atoms with Crippen molar-refractivity contribution in [2.75, 3.05) is 6.26 Å². The zero-order valence-corrected chi connectivity index (χ0v) is 19.5. The fourth-order valence-corrected chi connectivity index (χ4v) is 4.30. The maximum Gasteiger partial charge on any atom is 0.418 e. The van der Waals surface area contributed by atoms with Gasteiger partial charge in [0.15, 0.2) is 9.84 Å². The highest BCUT2D eigenvalue weighted by atomic mass is 32.2. The van der Waals surface area contributed by atoms with Crippen molar-refractivity contribution < 1.29 is 30.9 Å². The smallest absolute Gasteiger partial charge is 0.267 e. The Hall–Kier alpha value is -4.39. The van der Waals surface area contributed by atoms with Crippen molar-refractivity contribution in [2.45, 2.75) is 11.1 Å². The molecule has 0 saturated heterocycles. The van der Waals surface area contributed by atoms with Gasteiger partial charge in [0.25, 0.3) is 11.2 Å². The van der Waals surface area contributed by atoms with Gasteiger partial charge in [-0.25, -0.2) is 12.8 Å². The van der Waals surface area contributed by atoms with Crippen LogP contribution in [0.3, 0.4) is 0 Å². The molecule has 0 aliphatic rings. The molecule has 0 unspecified atom stereocenters. The number of non-ortho nitro benzene ring substituents is 1. The maximum atomic E-state index is 13.7. The van der Waals surface area contributed by atoms with E-state index in [0.717, 1.165) is 24.6 Å². The molecule has 0 fully saturated rings. The largest absolute Gasteiger partial charge is 0.418 e. The molecule has 8 nitrogen and oxygen atoms in total. The number of alkyl halides is 3. The van der Waals surface area contributed by atoms with E-state index in [1.807, 2.05) is 0 Å². The number of hydrogen-bond donors (Lipinski definition) is 0. The molecular weight excluding hydrogens is 518 g/mol. The highest BCUT2D eigenvalue weighted by Gasteiger charge is 2.36. The van der Waals surface area contributed by atoms with Gasteiger partial charge in [-0.1, -0.05) is 24.3 Å². The first-order valence-electron chi connectivity index (χ1n) is 10.3. The molecule has 3 aromatic carbocycles. The third kappa shape index (κ3) is 5.11. The molecule has 4 rings (SSSR count). The van der Waals surface area contributed by atoms with Crippen molar-refractivity contribution in [3.05, 3.63) is 105 Å². The molecule has 1 aromatic heterocycles. The van der Waals surface area contributed by atoms with Gasteiger partial charge in [0.1, 0.15) is 5.82 Å². The molecule has 0 saturated carbocycles. The van der Waals surface area contributed by atoms with E-state index in [2.05, 4.69) is 5.10 Å². The first kappa shape index (κ1) is 25.7. The predicted octanol–water partition coefficient (Wildman–Crippen LogP) is 5.04. The molecule has 0 aliphatic heterocycles. The van der Waals surface area contributed by atoms with Gasteiger partial charge < -0.3 is 0 Å². The van der Waals surface area contributed by atoms with Crippen LogP contribution in [0.5, 0.6) is 0 Å². The van der Waals surface area contributed by atoms with Crippen LogP contribution >= 0.6 is 0 Å². The molecule has 0 amide bonds. The molecule has 13 heteroatoms. The van der Waals surface area contributed by atoms with E-state index in [-0.39, 0.29) is 21.6 Å². The van der Waals surface area contributed by atoms with Crippen LogP contribution in [-0.2, 0) is 16.0 Å². The van der Waals surface area contributed by atoms with Gasteiger partial charge in [0, 0.05) is 24.0 Å². The Bertz CT molecular complexity index is 1680. The standard InChI is InChI=1S/C24H15F4N3O5S/c1-37(35,36)18-9-4-14(5-10-18)19-13-29-30(23(32)22(19)15-2-6-16(25)7-3-15)21-12-17(31(33)34)8-11-20(21)24(26,27)28/h2-13H,1H3. The zero-order valence-electron chi connectivity index (χ0n) is 18.7. The summed E-state index contributed by atoms with van der Waals surface area (Å²) in [4.78, 5) is 23.9. The van der Waals surface area contributed by atoms with Gasteiger partial charge >= 0.3 is 6.18 Å². The Labute approximate surface area is 206 Å². The minimum atomic E-state index is -4.97. The van der Waals surface area contributed by atoms with Gasteiger partial charge in [-0.05, 0) is 41.5 Å². The first-order valence-corrected chi connectivity index (χ1v) is 12.2. The average molecular weight is 533 g/mol. The van der Waals surface area contributed by atoms with Crippen molar-refractivity contribution in [3.8, 4) is 27.9 Å². The van der Waals surface area contributed by atoms with E-state index in [4.69, 9.17) is 0 Å². The number of halogens is 4. The lowest BCUT2D eigenvalue weighted by Crippen LogP contribution is -2.26. The van der Waals surface area contributed by atoms with Crippen LogP contribution in [0.25, 0.3) is 27.9 Å². The summed E-state index contributed by atoms with van der Waals surface area (Å²) >= 11 is 0. The molecule has 1 heterocycles. The van der Waals surface area contributed by atoms with Crippen molar-refractivity contribution in [2.24, 2.45) is 0 Å². The Morgan fingerprint density at radius 3 is 2.08 bits per heavy atom. The summed E-state index contributed by atoms with van der Waals surface area (Å²) in [6, 6.07) is 11.7. The van der Waals surface area contributed by atoms with Gasteiger partial charge in [0.05, 0.1) is 32.8 Å². The summed E-state index contributed by atoms with van der Waals surface area (Å²) in [5.74, 6) is -0.629. The molecular formula is C24H15F4N3O5S. The number of sulfone groups is 1. The van der Waals surface area contributed by atoms with Crippen LogP contribution in [0.1, 0.15) is 5.56 Å². The summed E-state index contributed by atoms with van der Waals surface area (Å²) in [5, 5.41) is 15.1. The average Bonchev–Trinajstić information content (AvgIpc) is 2.83. The number of benzene rings is 3. The van der Waals surface area contributed by atoms with Crippen molar-refractivity contribution in [1.29, 1.82) is 0 Å². The number of rotatable bonds is 5. The van der Waals surface area contributed by atoms with Crippen LogP contribution in [0, 0.1) is 15.9 Å². The molecule has 190 valence electrons. The number of nitro groups is 1. The fourth-order valence-electron chi connectivity index (χ4n) is 3.67. The summed E-state index contributed by atoms with van der Waals surface area (Å²) in [5.41, 5.74) is -3.59. The molecule has 37 heavy (non-hydrogen) atoms. The Morgan fingerprint density at radius 1 is 0.946 bits per heavy atom. The third-order valence-corrected chi connectivity index (χ3v) is 6.56. The Morgan fingerprint density at radius 2 is 1.54 bits per heavy atom. The van der Waals surface area contributed by atoms with E-state index in [1.54, 1.807) is 0 Å². The molecule has 0 atom stereocenters. The van der Waals surface area contributed by atoms with Crippen molar-refractivity contribution >= 4 is 15.5 Å². The SMILES string of the molecule is CS(=O)(=O)c1ccc(-c2cnn(-c3cc([N+](=O)[O-])ccc3C(F)(F)F)c(=O)c2-c2ccc(F)cc2)cc1. The first-order chi connectivity index (χ1) is 17.3. The second kappa shape index (κ2) is 9.24.